The number of amides is 1. The molecule has 1 rings (SSSR count). The maximum Gasteiger partial charge on any atom is 0.307 e. The Morgan fingerprint density at radius 2 is 1.95 bits per heavy atom. The molecule has 1 fully saturated rings. The van der Waals surface area contributed by atoms with Gasteiger partial charge >= 0.3 is 5.97 Å². The van der Waals surface area contributed by atoms with E-state index in [-0.39, 0.29) is 29.2 Å². The van der Waals surface area contributed by atoms with Crippen LogP contribution < -0.4 is 5.32 Å². The Balaban J connectivity index is 2.65. The lowest BCUT2D eigenvalue weighted by Gasteiger charge is -2.46. The molecule has 19 heavy (non-hydrogen) atoms. The monoisotopic (exact) mass is 269 g/mol. The number of hydrogen-bond acceptors (Lipinski definition) is 2. The number of hydrogen-bond donors (Lipinski definition) is 2. The lowest BCUT2D eigenvalue weighted by molar-refractivity contribution is -0.150. The zero-order valence-corrected chi connectivity index (χ0v) is 12.5. The molecule has 0 radical (unpaired) electrons. The van der Waals surface area contributed by atoms with Crippen molar-refractivity contribution < 1.29 is 14.7 Å². The second-order valence-electron chi connectivity index (χ2n) is 6.36. The van der Waals surface area contributed by atoms with E-state index >= 15 is 0 Å². The first-order chi connectivity index (χ1) is 8.80. The highest BCUT2D eigenvalue weighted by Crippen LogP contribution is 2.45. The maximum atomic E-state index is 11.8. The zero-order valence-electron chi connectivity index (χ0n) is 12.5. The Morgan fingerprint density at radius 3 is 2.47 bits per heavy atom. The van der Waals surface area contributed by atoms with Crippen LogP contribution >= 0.6 is 0 Å². The van der Waals surface area contributed by atoms with E-state index in [4.69, 9.17) is 0 Å². The van der Waals surface area contributed by atoms with E-state index in [1.54, 1.807) is 0 Å². The normalized spacial score (nSPS) is 29.8. The van der Waals surface area contributed by atoms with E-state index < -0.39 is 5.97 Å². The first kappa shape index (κ1) is 16.0. The van der Waals surface area contributed by atoms with Crippen molar-refractivity contribution in [1.29, 1.82) is 0 Å². The molecule has 1 amide bonds. The summed E-state index contributed by atoms with van der Waals surface area (Å²) in [6.45, 7) is 8.12. The minimum atomic E-state index is -0.715. The fourth-order valence-corrected chi connectivity index (χ4v) is 3.06. The molecule has 4 heteroatoms. The van der Waals surface area contributed by atoms with Crippen molar-refractivity contribution in [3.05, 3.63) is 0 Å². The summed E-state index contributed by atoms with van der Waals surface area (Å²) in [7, 11) is 0. The van der Waals surface area contributed by atoms with E-state index in [0.717, 1.165) is 19.3 Å². The second-order valence-corrected chi connectivity index (χ2v) is 6.36. The van der Waals surface area contributed by atoms with E-state index in [1.807, 2.05) is 13.8 Å². The Hall–Kier alpha value is -1.06. The molecule has 0 aromatic rings. The van der Waals surface area contributed by atoms with Crippen molar-refractivity contribution in [1.82, 2.24) is 5.32 Å². The van der Waals surface area contributed by atoms with Crippen LogP contribution in [0.15, 0.2) is 0 Å². The molecule has 0 bridgehead atoms. The van der Waals surface area contributed by atoms with Crippen molar-refractivity contribution in [3.63, 3.8) is 0 Å². The number of nitrogens with one attached hydrogen (secondary N) is 1. The molecule has 0 heterocycles. The van der Waals surface area contributed by atoms with E-state index in [0.29, 0.717) is 12.8 Å². The quantitative estimate of drug-likeness (QED) is 0.806. The number of carboxylic acid groups (broad SMARTS) is 1. The zero-order chi connectivity index (χ0) is 14.6. The van der Waals surface area contributed by atoms with Gasteiger partial charge in [0.1, 0.15) is 0 Å². The predicted molar refractivity (Wildman–Crippen MR) is 74.8 cm³/mol. The third-order valence-corrected chi connectivity index (χ3v) is 4.84. The van der Waals surface area contributed by atoms with Crippen LogP contribution in [0.2, 0.25) is 0 Å². The minimum Gasteiger partial charge on any atom is -0.481 e. The molecule has 0 aromatic carbocycles. The van der Waals surface area contributed by atoms with Gasteiger partial charge in [0.25, 0.3) is 0 Å². The smallest absolute Gasteiger partial charge is 0.307 e. The Kier molecular flexibility index (Phi) is 5.39. The van der Waals surface area contributed by atoms with Gasteiger partial charge in [-0.25, -0.2) is 0 Å². The summed E-state index contributed by atoms with van der Waals surface area (Å²) in [5.41, 5.74) is -0.285. The summed E-state index contributed by atoms with van der Waals surface area (Å²) >= 11 is 0. The number of rotatable bonds is 5. The number of unbranched alkanes of at least 4 members (excludes halogenated alkanes) is 1. The summed E-state index contributed by atoms with van der Waals surface area (Å²) in [6, 6.07) is 0.106. The fraction of sp³-hybridized carbons (Fsp3) is 0.867. The number of carbonyl (C=O) groups excluding carboxylic acids is 1. The highest BCUT2D eigenvalue weighted by Gasteiger charge is 2.46. The van der Waals surface area contributed by atoms with Crippen molar-refractivity contribution in [3.8, 4) is 0 Å². The van der Waals surface area contributed by atoms with Gasteiger partial charge in [0.15, 0.2) is 0 Å². The predicted octanol–water partition coefficient (Wildman–Crippen LogP) is 2.82. The highest BCUT2D eigenvalue weighted by molar-refractivity contribution is 5.76. The summed E-state index contributed by atoms with van der Waals surface area (Å²) in [5, 5.41) is 12.4. The largest absolute Gasteiger partial charge is 0.481 e. The van der Waals surface area contributed by atoms with Gasteiger partial charge in [-0.05, 0) is 30.6 Å². The third kappa shape index (κ3) is 3.71. The standard InChI is InChI=1S/C15H27NO3/c1-5-6-7-13(17)16-12-9-8-11(14(18)19)15(3,4)10(12)2/h10-12H,5-9H2,1-4H3,(H,16,17)(H,18,19). The van der Waals surface area contributed by atoms with E-state index in [9.17, 15) is 14.7 Å². The molecule has 3 atom stereocenters. The molecular weight excluding hydrogens is 242 g/mol. The van der Waals surface area contributed by atoms with Crippen LogP contribution in [0.3, 0.4) is 0 Å². The molecule has 4 nitrogen and oxygen atoms in total. The van der Waals surface area contributed by atoms with Crippen molar-refractivity contribution in [2.45, 2.75) is 65.8 Å². The van der Waals surface area contributed by atoms with Crippen LogP contribution in [0.25, 0.3) is 0 Å². The van der Waals surface area contributed by atoms with Crippen molar-refractivity contribution >= 4 is 11.9 Å². The summed E-state index contributed by atoms with van der Waals surface area (Å²) in [5.74, 6) is -0.755. The van der Waals surface area contributed by atoms with Crippen LogP contribution in [0.5, 0.6) is 0 Å². The van der Waals surface area contributed by atoms with Crippen LogP contribution in [0.4, 0.5) is 0 Å². The first-order valence-corrected chi connectivity index (χ1v) is 7.32. The SMILES string of the molecule is CCCCC(=O)NC1CCC(C(=O)O)C(C)(C)C1C. The summed E-state index contributed by atoms with van der Waals surface area (Å²) in [6.07, 6.45) is 3.90. The first-order valence-electron chi connectivity index (χ1n) is 7.32. The Morgan fingerprint density at radius 1 is 1.32 bits per heavy atom. The van der Waals surface area contributed by atoms with Gasteiger partial charge in [0.2, 0.25) is 5.91 Å². The second kappa shape index (κ2) is 6.40. The molecule has 0 aromatic heterocycles. The molecule has 3 unspecified atom stereocenters. The molecule has 1 saturated carbocycles. The molecule has 0 aliphatic heterocycles. The Labute approximate surface area is 116 Å². The minimum absolute atomic E-state index is 0.100. The molecule has 110 valence electrons. The average Bonchev–Trinajstić information content (AvgIpc) is 2.32. The van der Waals surface area contributed by atoms with E-state index in [1.165, 1.54) is 0 Å². The van der Waals surface area contributed by atoms with Crippen molar-refractivity contribution in [2.75, 3.05) is 0 Å². The Bertz CT molecular complexity index is 338. The van der Waals surface area contributed by atoms with Gasteiger partial charge in [-0.15, -0.1) is 0 Å². The molecule has 1 aliphatic carbocycles. The highest BCUT2D eigenvalue weighted by atomic mass is 16.4. The third-order valence-electron chi connectivity index (χ3n) is 4.84. The van der Waals surface area contributed by atoms with E-state index in [2.05, 4.69) is 19.2 Å². The topological polar surface area (TPSA) is 66.4 Å². The molecule has 0 saturated heterocycles. The number of aliphatic carboxylic acids is 1. The lowest BCUT2D eigenvalue weighted by atomic mass is 9.61. The van der Waals surface area contributed by atoms with Crippen LogP contribution in [0, 0.1) is 17.3 Å². The van der Waals surface area contributed by atoms with Gasteiger partial charge in [-0.3, -0.25) is 9.59 Å². The van der Waals surface area contributed by atoms with Gasteiger partial charge in [0, 0.05) is 12.5 Å². The van der Waals surface area contributed by atoms with Crippen molar-refractivity contribution in [2.24, 2.45) is 17.3 Å². The fourth-order valence-electron chi connectivity index (χ4n) is 3.06. The van der Waals surface area contributed by atoms with Gasteiger partial charge in [-0.2, -0.15) is 0 Å². The number of carboxylic acids is 1. The molecule has 2 N–H and O–H groups in total. The van der Waals surface area contributed by atoms with Gasteiger partial charge in [-0.1, -0.05) is 34.1 Å². The molecule has 1 aliphatic rings. The molecule has 0 spiro atoms. The number of carbonyl (C=O) groups is 2. The van der Waals surface area contributed by atoms with Crippen LogP contribution in [0.1, 0.15) is 59.8 Å². The summed E-state index contributed by atoms with van der Waals surface area (Å²) < 4.78 is 0. The van der Waals surface area contributed by atoms with Crippen LogP contribution in [-0.4, -0.2) is 23.0 Å². The molecular formula is C15H27NO3. The van der Waals surface area contributed by atoms with Gasteiger partial charge < -0.3 is 10.4 Å². The summed E-state index contributed by atoms with van der Waals surface area (Å²) in [4.78, 5) is 23.1. The van der Waals surface area contributed by atoms with Crippen LogP contribution in [-0.2, 0) is 9.59 Å². The maximum absolute atomic E-state index is 11.8. The average molecular weight is 269 g/mol. The lowest BCUT2D eigenvalue weighted by Crippen LogP contribution is -2.52. The van der Waals surface area contributed by atoms with Gasteiger partial charge in [0.05, 0.1) is 5.92 Å².